The number of nitrogens with zero attached hydrogens (tertiary/aromatic N) is 2. The molecule has 80 valence electrons. The van der Waals surface area contributed by atoms with E-state index in [2.05, 4.69) is 0 Å². The lowest BCUT2D eigenvalue weighted by Crippen LogP contribution is -2.41. The van der Waals surface area contributed by atoms with Crippen molar-refractivity contribution in [3.05, 3.63) is 33.7 Å². The van der Waals surface area contributed by atoms with Gasteiger partial charge in [0.15, 0.2) is 0 Å². The van der Waals surface area contributed by atoms with Crippen LogP contribution in [0, 0.1) is 18.3 Å². The Balaban J connectivity index is 3.30. The van der Waals surface area contributed by atoms with Crippen LogP contribution < -0.4 is 11.3 Å². The summed E-state index contributed by atoms with van der Waals surface area (Å²) in [5.41, 5.74) is 6.09. The van der Waals surface area contributed by atoms with Gasteiger partial charge in [-0.25, -0.2) is 0 Å². The average Bonchev–Trinajstić information content (AvgIpc) is 2.11. The van der Waals surface area contributed by atoms with Crippen molar-refractivity contribution >= 4 is 0 Å². The molecule has 0 spiro atoms. The van der Waals surface area contributed by atoms with Crippen molar-refractivity contribution in [1.29, 1.82) is 5.26 Å². The Morgan fingerprint density at radius 2 is 2.13 bits per heavy atom. The number of aryl methyl sites for hydroxylation is 1. The Kier molecular flexibility index (Phi) is 2.96. The Labute approximate surface area is 88.9 Å². The Hall–Kier alpha value is -1.60. The van der Waals surface area contributed by atoms with Crippen molar-refractivity contribution < 1.29 is 0 Å². The zero-order valence-corrected chi connectivity index (χ0v) is 9.24. The summed E-state index contributed by atoms with van der Waals surface area (Å²) in [6.45, 7) is 5.93. The topological polar surface area (TPSA) is 71.8 Å². The number of hydrogen-bond donors (Lipinski definition) is 1. The van der Waals surface area contributed by atoms with Gasteiger partial charge in [-0.3, -0.25) is 4.79 Å². The van der Waals surface area contributed by atoms with E-state index in [9.17, 15) is 4.79 Å². The Morgan fingerprint density at radius 3 is 2.60 bits per heavy atom. The first-order chi connectivity index (χ1) is 6.85. The lowest BCUT2D eigenvalue weighted by atomic mass is 10.1. The molecule has 1 rings (SSSR count). The normalized spacial score (nSPS) is 11.1. The maximum Gasteiger partial charge on any atom is 0.268 e. The smallest absolute Gasteiger partial charge is 0.268 e. The fraction of sp³-hybridized carbons (Fsp3) is 0.455. The number of pyridine rings is 1. The lowest BCUT2D eigenvalue weighted by molar-refractivity contribution is 0.421. The molecule has 2 N–H and O–H groups in total. The molecule has 0 aliphatic heterocycles. The van der Waals surface area contributed by atoms with Crippen molar-refractivity contribution in [3.63, 3.8) is 0 Å². The minimum absolute atomic E-state index is 0.157. The van der Waals surface area contributed by atoms with Crippen molar-refractivity contribution in [1.82, 2.24) is 4.57 Å². The summed E-state index contributed by atoms with van der Waals surface area (Å²) in [5.74, 6) is 0. The Morgan fingerprint density at radius 1 is 1.53 bits per heavy atom. The van der Waals surface area contributed by atoms with Crippen molar-refractivity contribution in [2.45, 2.75) is 32.9 Å². The molecule has 0 bridgehead atoms. The molecule has 0 amide bonds. The van der Waals surface area contributed by atoms with Crippen LogP contribution in [0.15, 0.2) is 16.9 Å². The highest BCUT2D eigenvalue weighted by Crippen LogP contribution is 2.04. The highest BCUT2D eigenvalue weighted by Gasteiger charge is 2.15. The molecule has 4 heteroatoms. The van der Waals surface area contributed by atoms with Crippen molar-refractivity contribution in [2.75, 3.05) is 0 Å². The molecule has 0 atom stereocenters. The van der Waals surface area contributed by atoms with Crippen LogP contribution in [-0.4, -0.2) is 10.1 Å². The summed E-state index contributed by atoms with van der Waals surface area (Å²) in [6.07, 6.45) is 0. The molecule has 1 aromatic heterocycles. The molecule has 0 aromatic carbocycles. The second-order valence-corrected chi connectivity index (χ2v) is 4.38. The molecule has 0 aliphatic carbocycles. The highest BCUT2D eigenvalue weighted by molar-refractivity contribution is 5.27. The van der Waals surface area contributed by atoms with E-state index in [1.807, 2.05) is 26.8 Å². The van der Waals surface area contributed by atoms with Gasteiger partial charge in [0.1, 0.15) is 11.6 Å². The summed E-state index contributed by atoms with van der Waals surface area (Å²) in [6, 6.07) is 5.17. The van der Waals surface area contributed by atoms with Gasteiger partial charge in [0, 0.05) is 17.8 Å². The molecular formula is C11H15N3O. The van der Waals surface area contributed by atoms with Crippen molar-refractivity contribution in [3.8, 4) is 6.07 Å². The second kappa shape index (κ2) is 3.87. The Bertz CT molecular complexity index is 460. The summed E-state index contributed by atoms with van der Waals surface area (Å²) in [4.78, 5) is 11.8. The number of aromatic nitrogens is 1. The minimum Gasteiger partial charge on any atom is -0.324 e. The number of rotatable bonds is 2. The third-order valence-corrected chi connectivity index (χ3v) is 2.08. The molecule has 0 saturated carbocycles. The van der Waals surface area contributed by atoms with Gasteiger partial charge in [-0.15, -0.1) is 0 Å². The van der Waals surface area contributed by atoms with Gasteiger partial charge in [0.05, 0.1) is 0 Å². The molecular weight excluding hydrogens is 190 g/mol. The van der Waals surface area contributed by atoms with E-state index in [4.69, 9.17) is 11.0 Å². The van der Waals surface area contributed by atoms with Crippen LogP contribution in [-0.2, 0) is 6.54 Å². The van der Waals surface area contributed by atoms with E-state index in [0.717, 1.165) is 5.69 Å². The van der Waals surface area contributed by atoms with E-state index in [0.29, 0.717) is 6.54 Å². The molecule has 0 aliphatic rings. The molecule has 1 heterocycles. The molecule has 1 aromatic rings. The quantitative estimate of drug-likeness (QED) is 0.775. The number of hydrogen-bond acceptors (Lipinski definition) is 3. The third-order valence-electron chi connectivity index (χ3n) is 2.08. The van der Waals surface area contributed by atoms with Crippen LogP contribution in [0.3, 0.4) is 0 Å². The fourth-order valence-corrected chi connectivity index (χ4v) is 1.36. The third kappa shape index (κ3) is 2.67. The molecule has 0 fully saturated rings. The second-order valence-electron chi connectivity index (χ2n) is 4.38. The molecule has 15 heavy (non-hydrogen) atoms. The monoisotopic (exact) mass is 205 g/mol. The number of nitriles is 1. The van der Waals surface area contributed by atoms with Gasteiger partial charge in [-0.2, -0.15) is 5.26 Å². The van der Waals surface area contributed by atoms with E-state index in [1.165, 1.54) is 6.07 Å². The number of nitrogens with two attached hydrogens (primary N) is 1. The summed E-state index contributed by atoms with van der Waals surface area (Å²) in [5, 5.41) is 8.74. The van der Waals surface area contributed by atoms with Crippen molar-refractivity contribution in [2.24, 2.45) is 5.73 Å². The van der Waals surface area contributed by atoms with Gasteiger partial charge in [-0.1, -0.05) is 0 Å². The largest absolute Gasteiger partial charge is 0.324 e. The molecule has 4 nitrogen and oxygen atoms in total. The first kappa shape index (κ1) is 11.5. The maximum atomic E-state index is 11.8. The molecule has 0 radical (unpaired) electrons. The molecule has 0 unspecified atom stereocenters. The van der Waals surface area contributed by atoms with Gasteiger partial charge in [-0.05, 0) is 32.9 Å². The summed E-state index contributed by atoms with van der Waals surface area (Å²) >= 11 is 0. The van der Waals surface area contributed by atoms with Gasteiger partial charge < -0.3 is 10.3 Å². The van der Waals surface area contributed by atoms with E-state index < -0.39 is 5.54 Å². The fourth-order valence-electron chi connectivity index (χ4n) is 1.36. The van der Waals surface area contributed by atoms with Crippen LogP contribution in [0.25, 0.3) is 0 Å². The minimum atomic E-state index is -0.470. The van der Waals surface area contributed by atoms with Gasteiger partial charge in [0.2, 0.25) is 0 Å². The first-order valence-corrected chi connectivity index (χ1v) is 4.74. The van der Waals surface area contributed by atoms with Crippen LogP contribution in [0.2, 0.25) is 0 Å². The SMILES string of the molecule is Cc1ccc(C#N)c(=O)n1CC(C)(C)N. The lowest BCUT2D eigenvalue weighted by Gasteiger charge is -2.21. The summed E-state index contributed by atoms with van der Waals surface area (Å²) < 4.78 is 1.54. The van der Waals surface area contributed by atoms with Crippen LogP contribution >= 0.6 is 0 Å². The van der Waals surface area contributed by atoms with Gasteiger partial charge >= 0.3 is 0 Å². The summed E-state index contributed by atoms with van der Waals surface area (Å²) in [7, 11) is 0. The van der Waals surface area contributed by atoms with Crippen LogP contribution in [0.5, 0.6) is 0 Å². The average molecular weight is 205 g/mol. The highest BCUT2D eigenvalue weighted by atomic mass is 16.1. The van der Waals surface area contributed by atoms with Crippen LogP contribution in [0.1, 0.15) is 25.1 Å². The molecule has 0 saturated heterocycles. The van der Waals surface area contributed by atoms with E-state index in [1.54, 1.807) is 10.6 Å². The van der Waals surface area contributed by atoms with Crippen LogP contribution in [0.4, 0.5) is 0 Å². The maximum absolute atomic E-state index is 11.8. The zero-order valence-electron chi connectivity index (χ0n) is 9.24. The predicted octanol–water partition coefficient (Wildman–Crippen LogP) is 0.766. The zero-order chi connectivity index (χ0) is 11.6. The van der Waals surface area contributed by atoms with Gasteiger partial charge in [0.25, 0.3) is 5.56 Å². The predicted molar refractivity (Wildman–Crippen MR) is 58.4 cm³/mol. The van der Waals surface area contributed by atoms with E-state index in [-0.39, 0.29) is 11.1 Å². The van der Waals surface area contributed by atoms with E-state index >= 15 is 0 Å². The standard InChI is InChI=1S/C11H15N3O/c1-8-4-5-9(6-12)10(15)14(8)7-11(2,3)13/h4-5H,7,13H2,1-3H3. The first-order valence-electron chi connectivity index (χ1n) is 4.74.